The van der Waals surface area contributed by atoms with Crippen LogP contribution in [0.4, 0.5) is 18.9 Å². The number of anilines is 1. The van der Waals surface area contributed by atoms with E-state index in [1.165, 1.54) is 10.6 Å². The minimum Gasteiger partial charge on any atom is -0.341 e. The van der Waals surface area contributed by atoms with Crippen molar-refractivity contribution in [1.29, 1.82) is 0 Å². The van der Waals surface area contributed by atoms with Gasteiger partial charge in [-0.25, -0.2) is 4.90 Å². The number of nitrogens with zero attached hydrogens (tertiary/aromatic N) is 3. The molecule has 0 spiro atoms. The molecule has 0 aliphatic carbocycles. The highest BCUT2D eigenvalue weighted by Gasteiger charge is 2.57. The van der Waals surface area contributed by atoms with Gasteiger partial charge in [0.1, 0.15) is 11.8 Å². The number of amides is 3. The monoisotopic (exact) mass is 621 g/mol. The minimum atomic E-state index is -4.66. The van der Waals surface area contributed by atoms with Crippen molar-refractivity contribution in [3.63, 3.8) is 0 Å². The predicted octanol–water partition coefficient (Wildman–Crippen LogP) is 5.39. The lowest BCUT2D eigenvalue weighted by Gasteiger charge is -2.31. The van der Waals surface area contributed by atoms with Crippen LogP contribution in [0.1, 0.15) is 41.2 Å². The van der Waals surface area contributed by atoms with Gasteiger partial charge in [0.2, 0.25) is 17.7 Å². The largest absolute Gasteiger partial charge is 0.416 e. The fourth-order valence-electron chi connectivity index (χ4n) is 5.74. The van der Waals surface area contributed by atoms with E-state index in [1.54, 1.807) is 29.2 Å². The maximum atomic E-state index is 13.9. The summed E-state index contributed by atoms with van der Waals surface area (Å²) in [5.41, 5.74) is -0.508. The Bertz CT molecular complexity index is 1600. The summed E-state index contributed by atoms with van der Waals surface area (Å²) in [7, 11) is 0. The molecule has 2 saturated heterocycles. The van der Waals surface area contributed by atoms with E-state index >= 15 is 0 Å². The first-order valence-electron chi connectivity index (χ1n) is 13.0. The summed E-state index contributed by atoms with van der Waals surface area (Å²) in [6, 6.07) is 10.8. The molecule has 7 nitrogen and oxygen atoms in total. The van der Waals surface area contributed by atoms with E-state index in [0.717, 1.165) is 65.5 Å². The zero-order valence-electron chi connectivity index (χ0n) is 21.4. The number of thiazole rings is 1. The van der Waals surface area contributed by atoms with Gasteiger partial charge in [0, 0.05) is 28.9 Å². The Morgan fingerprint density at radius 2 is 1.68 bits per heavy atom. The number of hydrogen-bond donors (Lipinski definition) is 0. The zero-order valence-corrected chi connectivity index (χ0v) is 23.8. The lowest BCUT2D eigenvalue weighted by Crippen LogP contribution is -2.39. The van der Waals surface area contributed by atoms with Gasteiger partial charge in [-0.15, -0.1) is 0 Å². The average Bonchev–Trinajstić information content (AvgIpc) is 3.39. The lowest BCUT2D eigenvalue weighted by atomic mass is 9.83. The molecule has 2 fully saturated rings. The van der Waals surface area contributed by atoms with Gasteiger partial charge in [-0.2, -0.15) is 13.2 Å². The van der Waals surface area contributed by atoms with Crippen molar-refractivity contribution in [2.75, 3.05) is 18.0 Å². The third-order valence-electron chi connectivity index (χ3n) is 7.71. The zero-order chi connectivity index (χ0) is 29.1. The number of fused-ring (bicyclic) bond motifs is 2. The molecule has 0 saturated carbocycles. The van der Waals surface area contributed by atoms with Crippen molar-refractivity contribution in [2.24, 2.45) is 5.92 Å². The van der Waals surface area contributed by atoms with Gasteiger partial charge in [-0.1, -0.05) is 52.9 Å². The maximum absolute atomic E-state index is 13.9. The second-order valence-electron chi connectivity index (χ2n) is 10.2. The molecule has 4 heterocycles. The van der Waals surface area contributed by atoms with Gasteiger partial charge in [0.05, 0.1) is 22.2 Å². The molecule has 3 amide bonds. The summed E-state index contributed by atoms with van der Waals surface area (Å²) in [5, 5.41) is -0.123. The highest BCUT2D eigenvalue weighted by atomic mass is 35.5. The van der Waals surface area contributed by atoms with Crippen molar-refractivity contribution in [1.82, 2.24) is 9.47 Å². The number of imide groups is 1. The van der Waals surface area contributed by atoms with E-state index in [4.69, 9.17) is 11.6 Å². The summed E-state index contributed by atoms with van der Waals surface area (Å²) in [6.07, 6.45) is -1.84. The second-order valence-corrected chi connectivity index (χ2v) is 12.8. The number of benzene rings is 2. The molecule has 1 aromatic heterocycles. The van der Waals surface area contributed by atoms with E-state index in [-0.39, 0.29) is 23.0 Å². The molecule has 3 atom stereocenters. The molecule has 3 aromatic rings. The Balaban J connectivity index is 1.43. The molecular weight excluding hydrogens is 599 g/mol. The van der Waals surface area contributed by atoms with Crippen LogP contribution in [0.5, 0.6) is 0 Å². The lowest BCUT2D eigenvalue weighted by molar-refractivity contribution is -0.137. The van der Waals surface area contributed by atoms with Crippen LogP contribution in [0.15, 0.2) is 58.4 Å². The van der Waals surface area contributed by atoms with Gasteiger partial charge in [-0.05, 0) is 55.2 Å². The first-order valence-corrected chi connectivity index (χ1v) is 15.1. The SMILES string of the molecule is O=C(Cn1c2c(sc1=O)[C@@H](c1ccc(Cl)cc1)[C@H]1C(=O)N(c3cccc(C(F)(F)F)c3)C(=O)[C@H]1S2)N1CCCCC1. The Morgan fingerprint density at radius 3 is 2.37 bits per heavy atom. The van der Waals surface area contributed by atoms with Crippen molar-refractivity contribution in [2.45, 2.75) is 48.2 Å². The van der Waals surface area contributed by atoms with Crippen molar-refractivity contribution in [3.8, 4) is 0 Å². The second kappa shape index (κ2) is 10.6. The molecule has 0 radical (unpaired) electrons. The summed E-state index contributed by atoms with van der Waals surface area (Å²) >= 11 is 8.06. The van der Waals surface area contributed by atoms with Gasteiger partial charge in [-0.3, -0.25) is 23.7 Å². The van der Waals surface area contributed by atoms with E-state index in [0.29, 0.717) is 33.6 Å². The van der Waals surface area contributed by atoms with Gasteiger partial charge < -0.3 is 4.90 Å². The van der Waals surface area contributed by atoms with Crippen LogP contribution >= 0.6 is 34.7 Å². The Kier molecular flexibility index (Phi) is 7.27. The number of likely N-dealkylation sites (tertiary alicyclic amines) is 1. The molecule has 0 N–H and O–H groups in total. The van der Waals surface area contributed by atoms with Crippen LogP contribution in [0, 0.1) is 5.92 Å². The Labute approximate surface area is 245 Å². The first-order chi connectivity index (χ1) is 19.5. The number of piperidine rings is 1. The summed E-state index contributed by atoms with van der Waals surface area (Å²) in [5.74, 6) is -3.21. The first kappa shape index (κ1) is 28.0. The summed E-state index contributed by atoms with van der Waals surface area (Å²) in [6.45, 7) is 1.04. The van der Waals surface area contributed by atoms with Crippen LogP contribution in [-0.4, -0.2) is 45.5 Å². The van der Waals surface area contributed by atoms with Crippen LogP contribution in [0.2, 0.25) is 5.02 Å². The molecule has 3 aliphatic heterocycles. The van der Waals surface area contributed by atoms with E-state index in [1.807, 2.05) is 0 Å². The van der Waals surface area contributed by atoms with Crippen LogP contribution in [0.25, 0.3) is 0 Å². The Hall–Kier alpha value is -3.09. The molecule has 0 bridgehead atoms. The molecule has 214 valence electrons. The number of rotatable bonds is 4. The summed E-state index contributed by atoms with van der Waals surface area (Å²) < 4.78 is 41.7. The fourth-order valence-corrected chi connectivity index (χ4v) is 8.64. The Morgan fingerprint density at radius 1 is 0.976 bits per heavy atom. The molecule has 6 rings (SSSR count). The molecule has 0 unspecified atom stereocenters. The number of carbonyl (C=O) groups excluding carboxylic acids is 3. The average molecular weight is 622 g/mol. The number of thioether (sulfide) groups is 1. The standard InChI is InChI=1S/C28H23ClF3N3O4S2/c29-17-9-7-15(8-10-17)20-21-22(25(38)35(24(21)37)18-6-4-5-16(13-18)28(30,31)32)40-26-23(20)41-27(39)34(26)14-19(36)33-11-2-1-3-12-33/h4-10,13,20-22H,1-3,11-12,14H2/t20-,21+,22-/m0/s1. The third kappa shape index (κ3) is 4.99. The highest BCUT2D eigenvalue weighted by molar-refractivity contribution is 8.00. The van der Waals surface area contributed by atoms with Gasteiger partial charge in [0.15, 0.2) is 0 Å². The molecular formula is C28H23ClF3N3O4S2. The van der Waals surface area contributed by atoms with Gasteiger partial charge in [0.25, 0.3) is 0 Å². The van der Waals surface area contributed by atoms with Crippen molar-refractivity contribution < 1.29 is 27.6 Å². The molecule has 2 aromatic carbocycles. The number of aromatic nitrogens is 1. The van der Waals surface area contributed by atoms with E-state index in [9.17, 15) is 32.3 Å². The molecule has 3 aliphatic rings. The number of hydrogen-bond acceptors (Lipinski definition) is 6. The van der Waals surface area contributed by atoms with Crippen LogP contribution < -0.4 is 9.77 Å². The van der Waals surface area contributed by atoms with Crippen LogP contribution in [0.3, 0.4) is 0 Å². The van der Waals surface area contributed by atoms with Gasteiger partial charge >= 0.3 is 11.0 Å². The molecule has 13 heteroatoms. The topological polar surface area (TPSA) is 79.7 Å². The molecule has 41 heavy (non-hydrogen) atoms. The third-order valence-corrected chi connectivity index (χ3v) is 10.6. The highest BCUT2D eigenvalue weighted by Crippen LogP contribution is 2.54. The normalized spacial score (nSPS) is 22.6. The van der Waals surface area contributed by atoms with Crippen molar-refractivity contribution in [3.05, 3.63) is 79.2 Å². The summed E-state index contributed by atoms with van der Waals surface area (Å²) in [4.78, 5) is 56.7. The maximum Gasteiger partial charge on any atom is 0.416 e. The predicted molar refractivity (Wildman–Crippen MR) is 149 cm³/mol. The number of halogens is 4. The van der Waals surface area contributed by atoms with E-state index in [2.05, 4.69) is 0 Å². The number of carbonyl (C=O) groups is 3. The van der Waals surface area contributed by atoms with Crippen molar-refractivity contribution >= 4 is 58.1 Å². The van der Waals surface area contributed by atoms with E-state index < -0.39 is 40.6 Å². The quantitative estimate of drug-likeness (QED) is 0.365. The minimum absolute atomic E-state index is 0.166. The fraction of sp³-hybridized carbons (Fsp3) is 0.357. The smallest absolute Gasteiger partial charge is 0.341 e. The van der Waals surface area contributed by atoms with Crippen LogP contribution in [-0.2, 0) is 27.1 Å². The number of alkyl halides is 3.